The van der Waals surface area contributed by atoms with E-state index in [4.69, 9.17) is 10.5 Å². The molecule has 0 bridgehead atoms. The smallest absolute Gasteiger partial charge is 0.257 e. The molecule has 0 saturated heterocycles. The van der Waals surface area contributed by atoms with Gasteiger partial charge in [-0.2, -0.15) is 0 Å². The summed E-state index contributed by atoms with van der Waals surface area (Å²) in [5.41, 5.74) is 6.21. The first kappa shape index (κ1) is 20.2. The summed E-state index contributed by atoms with van der Waals surface area (Å²) in [6.45, 7) is 5.68. The maximum absolute atomic E-state index is 12.0. The number of carbonyl (C=O) groups excluding carboxylic acids is 2. The van der Waals surface area contributed by atoms with E-state index in [2.05, 4.69) is 10.6 Å². The molecule has 0 heterocycles. The highest BCUT2D eigenvalue weighted by atomic mass is 35.5. The largest absolute Gasteiger partial charge is 0.484 e. The molecule has 0 radical (unpaired) electrons. The number of halogens is 1. The average molecular weight is 330 g/mol. The number of hydrogen-bond donors (Lipinski definition) is 3. The molecule has 0 unspecified atom stereocenters. The summed E-state index contributed by atoms with van der Waals surface area (Å²) < 4.78 is 5.27. The van der Waals surface area contributed by atoms with Crippen LogP contribution in [0.25, 0.3) is 0 Å². The lowest BCUT2D eigenvalue weighted by molar-refractivity contribution is -0.122. The Bertz CT molecular complexity index is 498. The first-order chi connectivity index (χ1) is 9.74. The summed E-state index contributed by atoms with van der Waals surface area (Å²) in [7, 11) is 1.54. The third kappa shape index (κ3) is 6.32. The molecule has 0 aliphatic heterocycles. The Morgan fingerprint density at radius 2 is 1.77 bits per heavy atom. The van der Waals surface area contributed by atoms with Crippen LogP contribution in [0.2, 0.25) is 0 Å². The van der Waals surface area contributed by atoms with Crippen molar-refractivity contribution in [3.63, 3.8) is 0 Å². The third-order valence-electron chi connectivity index (χ3n) is 2.99. The minimum atomic E-state index is -0.596. The summed E-state index contributed by atoms with van der Waals surface area (Å²) in [4.78, 5) is 23.0. The van der Waals surface area contributed by atoms with E-state index in [1.165, 1.54) is 0 Å². The molecular formula is C15H24ClN3O3. The van der Waals surface area contributed by atoms with Gasteiger partial charge in [0.2, 0.25) is 5.91 Å². The van der Waals surface area contributed by atoms with Gasteiger partial charge in [0.1, 0.15) is 5.75 Å². The highest BCUT2D eigenvalue weighted by molar-refractivity contribution is 5.95. The first-order valence-corrected chi connectivity index (χ1v) is 6.74. The zero-order valence-electron chi connectivity index (χ0n) is 13.3. The molecule has 1 rings (SSSR count). The van der Waals surface area contributed by atoms with Crippen LogP contribution < -0.4 is 21.1 Å². The second-order valence-corrected chi connectivity index (χ2v) is 5.82. The van der Waals surface area contributed by atoms with Gasteiger partial charge in [0.15, 0.2) is 6.61 Å². The van der Waals surface area contributed by atoms with Crippen LogP contribution in [0.1, 0.15) is 20.8 Å². The van der Waals surface area contributed by atoms with Crippen LogP contribution in [0, 0.1) is 5.41 Å². The molecule has 7 heteroatoms. The molecule has 4 N–H and O–H groups in total. The van der Waals surface area contributed by atoms with Crippen molar-refractivity contribution in [1.82, 2.24) is 5.32 Å². The number of benzene rings is 1. The molecule has 124 valence electrons. The van der Waals surface area contributed by atoms with E-state index in [0.29, 0.717) is 11.4 Å². The fourth-order valence-corrected chi connectivity index (χ4v) is 1.47. The molecule has 1 atom stereocenters. The molecular weight excluding hydrogens is 306 g/mol. The van der Waals surface area contributed by atoms with Gasteiger partial charge in [-0.1, -0.05) is 20.8 Å². The monoisotopic (exact) mass is 329 g/mol. The van der Waals surface area contributed by atoms with E-state index in [-0.39, 0.29) is 36.2 Å². The predicted molar refractivity (Wildman–Crippen MR) is 89.3 cm³/mol. The molecule has 0 spiro atoms. The molecule has 0 aliphatic rings. The lowest BCUT2D eigenvalue weighted by atomic mass is 9.87. The first-order valence-electron chi connectivity index (χ1n) is 6.74. The third-order valence-corrected chi connectivity index (χ3v) is 2.99. The van der Waals surface area contributed by atoms with Crippen molar-refractivity contribution in [2.75, 3.05) is 19.0 Å². The average Bonchev–Trinajstić information content (AvgIpc) is 2.44. The van der Waals surface area contributed by atoms with Gasteiger partial charge in [-0.3, -0.25) is 9.59 Å². The van der Waals surface area contributed by atoms with Crippen LogP contribution in [0.5, 0.6) is 5.75 Å². The number of likely N-dealkylation sites (N-methyl/N-ethyl adjacent to an activating group) is 1. The van der Waals surface area contributed by atoms with Crippen molar-refractivity contribution < 1.29 is 14.3 Å². The Labute approximate surface area is 137 Å². The SMILES string of the molecule is CNC(=O)COc1ccc(NC(=O)[C@@H](N)C(C)(C)C)cc1.Cl. The van der Waals surface area contributed by atoms with E-state index in [1.807, 2.05) is 20.8 Å². The number of nitrogens with two attached hydrogens (primary N) is 1. The van der Waals surface area contributed by atoms with E-state index in [9.17, 15) is 9.59 Å². The van der Waals surface area contributed by atoms with Gasteiger partial charge in [-0.25, -0.2) is 0 Å². The minimum absolute atomic E-state index is 0. The normalized spacial score (nSPS) is 11.9. The Balaban J connectivity index is 0.00000441. The second-order valence-electron chi connectivity index (χ2n) is 5.82. The molecule has 0 fully saturated rings. The summed E-state index contributed by atoms with van der Waals surface area (Å²) in [6, 6.07) is 6.17. The Morgan fingerprint density at radius 3 is 2.23 bits per heavy atom. The molecule has 0 saturated carbocycles. The number of carbonyl (C=O) groups is 2. The van der Waals surface area contributed by atoms with Crippen molar-refractivity contribution in [2.45, 2.75) is 26.8 Å². The Hall–Kier alpha value is -1.79. The maximum atomic E-state index is 12.0. The van der Waals surface area contributed by atoms with Crippen molar-refractivity contribution in [3.8, 4) is 5.75 Å². The topological polar surface area (TPSA) is 93.5 Å². The molecule has 0 aromatic heterocycles. The predicted octanol–water partition coefficient (Wildman–Crippen LogP) is 1.55. The van der Waals surface area contributed by atoms with Crippen molar-refractivity contribution >= 4 is 29.9 Å². The number of rotatable bonds is 5. The van der Waals surface area contributed by atoms with Gasteiger partial charge < -0.3 is 21.1 Å². The number of ether oxygens (including phenoxy) is 1. The molecule has 2 amide bonds. The molecule has 1 aromatic carbocycles. The van der Waals surface area contributed by atoms with Gasteiger partial charge in [-0.15, -0.1) is 12.4 Å². The van der Waals surface area contributed by atoms with Gasteiger partial charge in [0, 0.05) is 12.7 Å². The van der Waals surface area contributed by atoms with Gasteiger partial charge in [0.05, 0.1) is 6.04 Å². The van der Waals surface area contributed by atoms with E-state index in [1.54, 1.807) is 31.3 Å². The Morgan fingerprint density at radius 1 is 1.23 bits per heavy atom. The molecule has 22 heavy (non-hydrogen) atoms. The van der Waals surface area contributed by atoms with Gasteiger partial charge in [0.25, 0.3) is 5.91 Å². The van der Waals surface area contributed by atoms with Crippen LogP contribution in [0.15, 0.2) is 24.3 Å². The van der Waals surface area contributed by atoms with E-state index in [0.717, 1.165) is 0 Å². The summed E-state index contributed by atoms with van der Waals surface area (Å²) in [6.07, 6.45) is 0. The number of nitrogens with one attached hydrogen (secondary N) is 2. The van der Waals surface area contributed by atoms with Crippen molar-refractivity contribution in [2.24, 2.45) is 11.1 Å². The van der Waals surface area contributed by atoms with Crippen LogP contribution in [-0.4, -0.2) is 31.5 Å². The van der Waals surface area contributed by atoms with E-state index < -0.39 is 6.04 Å². The summed E-state index contributed by atoms with van der Waals surface area (Å²) in [5, 5.41) is 5.22. The number of anilines is 1. The van der Waals surface area contributed by atoms with Gasteiger partial charge in [-0.05, 0) is 29.7 Å². The zero-order chi connectivity index (χ0) is 16.0. The van der Waals surface area contributed by atoms with Crippen LogP contribution >= 0.6 is 12.4 Å². The van der Waals surface area contributed by atoms with Crippen LogP contribution in [-0.2, 0) is 9.59 Å². The fraction of sp³-hybridized carbons (Fsp3) is 0.467. The highest BCUT2D eigenvalue weighted by Crippen LogP contribution is 2.20. The van der Waals surface area contributed by atoms with Crippen molar-refractivity contribution in [3.05, 3.63) is 24.3 Å². The summed E-state index contributed by atoms with van der Waals surface area (Å²) >= 11 is 0. The zero-order valence-corrected chi connectivity index (χ0v) is 14.1. The fourth-order valence-electron chi connectivity index (χ4n) is 1.47. The highest BCUT2D eigenvalue weighted by Gasteiger charge is 2.27. The molecule has 6 nitrogen and oxygen atoms in total. The van der Waals surface area contributed by atoms with E-state index >= 15 is 0 Å². The number of amides is 2. The minimum Gasteiger partial charge on any atom is -0.484 e. The van der Waals surface area contributed by atoms with Gasteiger partial charge >= 0.3 is 0 Å². The van der Waals surface area contributed by atoms with Crippen LogP contribution in [0.4, 0.5) is 5.69 Å². The quantitative estimate of drug-likeness (QED) is 0.764. The second kappa shape index (κ2) is 8.60. The lowest BCUT2D eigenvalue weighted by Gasteiger charge is -2.25. The maximum Gasteiger partial charge on any atom is 0.257 e. The number of hydrogen-bond acceptors (Lipinski definition) is 4. The lowest BCUT2D eigenvalue weighted by Crippen LogP contribution is -2.45. The van der Waals surface area contributed by atoms with Crippen molar-refractivity contribution in [1.29, 1.82) is 0 Å². The van der Waals surface area contributed by atoms with Crippen LogP contribution in [0.3, 0.4) is 0 Å². The molecule has 1 aromatic rings. The molecule has 0 aliphatic carbocycles. The Kier molecular flexibility index (Phi) is 7.90. The summed E-state index contributed by atoms with van der Waals surface area (Å²) in [5.74, 6) is 0.113. The standard InChI is InChI=1S/C15H23N3O3.ClH/c1-15(2,3)13(16)14(20)18-10-5-7-11(8-6-10)21-9-12(19)17-4;/h5-8,13H,9,16H2,1-4H3,(H,17,19)(H,18,20);1H/t13-;/m1./s1.